The summed E-state index contributed by atoms with van der Waals surface area (Å²) in [7, 11) is 4.95. The first kappa shape index (κ1) is 15.3. The molecule has 2 N–H and O–H groups in total. The largest absolute Gasteiger partial charge is 0.493 e. The van der Waals surface area contributed by atoms with Gasteiger partial charge in [-0.15, -0.1) is 0 Å². The average Bonchev–Trinajstić information content (AvgIpc) is 2.37. The van der Waals surface area contributed by atoms with Crippen LogP contribution in [0.2, 0.25) is 0 Å². The van der Waals surface area contributed by atoms with Gasteiger partial charge in [0.25, 0.3) is 5.91 Å². The van der Waals surface area contributed by atoms with Crippen molar-refractivity contribution in [1.29, 1.82) is 0 Å². The molecule has 0 radical (unpaired) electrons. The van der Waals surface area contributed by atoms with Gasteiger partial charge in [0, 0.05) is 20.1 Å². The predicted molar refractivity (Wildman–Crippen MR) is 74.4 cm³/mol. The first-order valence-corrected chi connectivity index (χ1v) is 6.18. The fourth-order valence-corrected chi connectivity index (χ4v) is 1.67. The molecule has 1 aromatic rings. The molecule has 1 rings (SSSR count). The van der Waals surface area contributed by atoms with Crippen molar-refractivity contribution in [3.63, 3.8) is 0 Å². The molecule has 5 nitrogen and oxygen atoms in total. The zero-order valence-electron chi connectivity index (χ0n) is 12.1. The number of methoxy groups -OCH3 is 1. The molecule has 0 fully saturated rings. The van der Waals surface area contributed by atoms with Crippen LogP contribution in [0.4, 0.5) is 0 Å². The van der Waals surface area contributed by atoms with E-state index in [1.807, 2.05) is 19.1 Å². The highest BCUT2D eigenvalue weighted by Crippen LogP contribution is 2.30. The van der Waals surface area contributed by atoms with E-state index >= 15 is 0 Å². The van der Waals surface area contributed by atoms with Crippen LogP contribution in [0, 0.1) is 0 Å². The number of carbonyl (C=O) groups excluding carboxylic acids is 1. The summed E-state index contributed by atoms with van der Waals surface area (Å²) in [4.78, 5) is 13.3. The molecule has 0 spiro atoms. The maximum Gasteiger partial charge on any atom is 0.262 e. The van der Waals surface area contributed by atoms with E-state index in [0.717, 1.165) is 5.56 Å². The Morgan fingerprint density at radius 3 is 2.37 bits per heavy atom. The minimum absolute atomic E-state index is 0.0798. The van der Waals surface area contributed by atoms with E-state index in [4.69, 9.17) is 15.2 Å². The average molecular weight is 266 g/mol. The lowest BCUT2D eigenvalue weighted by atomic mass is 10.1. The minimum Gasteiger partial charge on any atom is -0.493 e. The van der Waals surface area contributed by atoms with Gasteiger partial charge in [-0.3, -0.25) is 4.79 Å². The molecule has 0 bridgehead atoms. The monoisotopic (exact) mass is 266 g/mol. The van der Waals surface area contributed by atoms with Gasteiger partial charge >= 0.3 is 0 Å². The highest BCUT2D eigenvalue weighted by atomic mass is 16.5. The molecule has 1 aromatic carbocycles. The number of amides is 1. The molecule has 1 unspecified atom stereocenters. The maximum atomic E-state index is 11.8. The van der Waals surface area contributed by atoms with Gasteiger partial charge in [0.1, 0.15) is 0 Å². The number of nitrogens with two attached hydrogens (primary N) is 1. The Morgan fingerprint density at radius 2 is 1.89 bits per heavy atom. The second-order valence-corrected chi connectivity index (χ2v) is 4.69. The number of rotatable bonds is 5. The second-order valence-electron chi connectivity index (χ2n) is 4.69. The summed E-state index contributed by atoms with van der Waals surface area (Å²) in [6.45, 7) is 3.61. The van der Waals surface area contributed by atoms with Crippen LogP contribution in [-0.2, 0) is 4.79 Å². The molecule has 106 valence electrons. The molecule has 0 aliphatic heterocycles. The van der Waals surface area contributed by atoms with Crippen LogP contribution in [0.5, 0.6) is 11.5 Å². The lowest BCUT2D eigenvalue weighted by Gasteiger charge is -2.20. The lowest BCUT2D eigenvalue weighted by Crippen LogP contribution is -2.35. The zero-order valence-corrected chi connectivity index (χ0v) is 12.1. The van der Waals surface area contributed by atoms with Crippen molar-refractivity contribution in [3.05, 3.63) is 23.8 Å². The number of carbonyl (C=O) groups is 1. The molecule has 0 aliphatic rings. The molecule has 0 aliphatic carbocycles. The van der Waals surface area contributed by atoms with Gasteiger partial charge in [0.2, 0.25) is 0 Å². The molecular formula is C14H22N2O3. The molecule has 0 aromatic heterocycles. The number of hydrogen-bond donors (Lipinski definition) is 1. The number of benzene rings is 1. The van der Waals surface area contributed by atoms with Gasteiger partial charge in [-0.25, -0.2) is 0 Å². The Morgan fingerprint density at radius 1 is 1.26 bits per heavy atom. The van der Waals surface area contributed by atoms with Gasteiger partial charge in [0.05, 0.1) is 7.11 Å². The Kier molecular flexibility index (Phi) is 5.18. The van der Waals surface area contributed by atoms with E-state index in [-0.39, 0.29) is 11.9 Å². The smallest absolute Gasteiger partial charge is 0.262 e. The summed E-state index contributed by atoms with van der Waals surface area (Å²) in [6, 6.07) is 5.39. The van der Waals surface area contributed by atoms with Crippen molar-refractivity contribution >= 4 is 5.91 Å². The normalized spacial score (nSPS) is 13.6. The Balaban J connectivity index is 2.92. The first-order valence-electron chi connectivity index (χ1n) is 6.18. The Bertz CT molecular complexity index is 444. The SMILES string of the molecule is COc1cc([C@@H](C)N)ccc1OC(C)C(=O)N(C)C. The Hall–Kier alpha value is -1.75. The summed E-state index contributed by atoms with van der Waals surface area (Å²) in [5.74, 6) is 1.01. The first-order chi connectivity index (χ1) is 8.86. The molecule has 2 atom stereocenters. The second kappa shape index (κ2) is 6.43. The van der Waals surface area contributed by atoms with Crippen LogP contribution in [0.15, 0.2) is 18.2 Å². The number of nitrogens with zero attached hydrogens (tertiary/aromatic N) is 1. The van der Waals surface area contributed by atoms with Crippen molar-refractivity contribution in [2.24, 2.45) is 5.73 Å². The molecule has 0 heterocycles. The van der Waals surface area contributed by atoms with E-state index in [2.05, 4.69) is 0 Å². The third kappa shape index (κ3) is 3.86. The lowest BCUT2D eigenvalue weighted by molar-refractivity contribution is -0.135. The van der Waals surface area contributed by atoms with Crippen molar-refractivity contribution in [2.45, 2.75) is 26.0 Å². The quantitative estimate of drug-likeness (QED) is 0.878. The van der Waals surface area contributed by atoms with Crippen LogP contribution in [0.1, 0.15) is 25.5 Å². The van der Waals surface area contributed by atoms with Crippen molar-refractivity contribution < 1.29 is 14.3 Å². The number of hydrogen-bond acceptors (Lipinski definition) is 4. The van der Waals surface area contributed by atoms with E-state index in [1.165, 1.54) is 4.90 Å². The molecule has 19 heavy (non-hydrogen) atoms. The van der Waals surface area contributed by atoms with Gasteiger partial charge < -0.3 is 20.1 Å². The number of ether oxygens (including phenoxy) is 2. The maximum absolute atomic E-state index is 11.8. The predicted octanol–water partition coefficient (Wildman–Crippen LogP) is 1.57. The molecule has 0 saturated heterocycles. The van der Waals surface area contributed by atoms with Crippen LogP contribution in [0.25, 0.3) is 0 Å². The minimum atomic E-state index is -0.565. The summed E-state index contributed by atoms with van der Waals surface area (Å²) in [5, 5.41) is 0. The highest BCUT2D eigenvalue weighted by molar-refractivity contribution is 5.80. The Labute approximate surface area is 114 Å². The standard InChI is InChI=1S/C14H22N2O3/c1-9(15)11-6-7-12(13(8-11)18-5)19-10(2)14(17)16(3)4/h6-10H,15H2,1-5H3/t9-,10?/m1/s1. The zero-order chi connectivity index (χ0) is 14.6. The van der Waals surface area contributed by atoms with Crippen LogP contribution < -0.4 is 15.2 Å². The van der Waals surface area contributed by atoms with Crippen LogP contribution in [-0.4, -0.2) is 38.1 Å². The van der Waals surface area contributed by atoms with Crippen molar-refractivity contribution in [3.8, 4) is 11.5 Å². The van der Waals surface area contributed by atoms with E-state index in [9.17, 15) is 4.79 Å². The van der Waals surface area contributed by atoms with Crippen molar-refractivity contribution in [2.75, 3.05) is 21.2 Å². The fourth-order valence-electron chi connectivity index (χ4n) is 1.67. The summed E-state index contributed by atoms with van der Waals surface area (Å²) >= 11 is 0. The summed E-state index contributed by atoms with van der Waals surface area (Å²) < 4.78 is 10.9. The number of likely N-dealkylation sites (N-methyl/N-ethyl adjacent to an activating group) is 1. The topological polar surface area (TPSA) is 64.8 Å². The molecule has 5 heteroatoms. The van der Waals surface area contributed by atoms with Gasteiger partial charge in [-0.2, -0.15) is 0 Å². The third-order valence-corrected chi connectivity index (χ3v) is 2.81. The molecular weight excluding hydrogens is 244 g/mol. The summed E-state index contributed by atoms with van der Waals surface area (Å²) in [5.41, 5.74) is 6.77. The van der Waals surface area contributed by atoms with Gasteiger partial charge in [-0.05, 0) is 31.5 Å². The van der Waals surface area contributed by atoms with Gasteiger partial charge in [-0.1, -0.05) is 6.07 Å². The van der Waals surface area contributed by atoms with Crippen molar-refractivity contribution in [1.82, 2.24) is 4.90 Å². The van der Waals surface area contributed by atoms with E-state index < -0.39 is 6.10 Å². The third-order valence-electron chi connectivity index (χ3n) is 2.81. The summed E-state index contributed by atoms with van der Waals surface area (Å²) in [6.07, 6.45) is -0.565. The highest BCUT2D eigenvalue weighted by Gasteiger charge is 2.18. The molecule has 0 saturated carbocycles. The van der Waals surface area contributed by atoms with E-state index in [1.54, 1.807) is 34.2 Å². The molecule has 1 amide bonds. The van der Waals surface area contributed by atoms with Gasteiger partial charge in [0.15, 0.2) is 17.6 Å². The van der Waals surface area contributed by atoms with E-state index in [0.29, 0.717) is 11.5 Å². The fraction of sp³-hybridized carbons (Fsp3) is 0.500. The van der Waals surface area contributed by atoms with Crippen LogP contribution in [0.3, 0.4) is 0 Å². The van der Waals surface area contributed by atoms with Crippen LogP contribution >= 0.6 is 0 Å².